The summed E-state index contributed by atoms with van der Waals surface area (Å²) in [6, 6.07) is 23.9. The second kappa shape index (κ2) is 46.4. The summed E-state index contributed by atoms with van der Waals surface area (Å²) in [5.74, 6) is -15.7. The number of carbonyl (C=O) groups is 12. The standard InChI is InChI=1S/C86H98N16O24S5/c1-5-101(6-2)50-24-27-57-67(37-50)126-68-38-51(102(7-3)8-4)25-28-58(68)75(57)59-29-26-52(39-69(59)131(123,124)125)130(121,122)91-34-36-128-129-46-66(85(119)120)98-79(112)61(19-13-14-33-88-70(103)32-35-127-45-60-55-17-11-9-15-53(55)54-16-10-12-18-56(54)60)94-81(114)64(41-73(107)108)97-82(115)65(42-74(109)110)96-80(113)63(40-72(105)106)93-71(104)31-30-62(84(117)118)95-78(111)47-20-22-48(23-21-47)89-43-49-44-90-77-76(92-49)83(116)100-86(87)99-77/h9-12,15-18,20-29,37-39,44,60-66,91H,5-8,13-14,19,30-36,40-43,45-46H2,1-4H3,(H16-,87,88,89,90,93,94,95,96,97,98,99,100,103,104,105,106,107,108,109,110,111,112,113,114,115,116,117,118,119,120,123,124,125)/p+1/t61-,62+,63+,64+,65-,66-/m1/s1. The van der Waals surface area contributed by atoms with Gasteiger partial charge in [-0.15, -0.1) is 0 Å². The normalized spacial score (nSPS) is 13.2. The third kappa shape index (κ3) is 27.3. The third-order valence-corrected chi connectivity index (χ3v) is 27.0. The Labute approximate surface area is 762 Å². The number of anilines is 3. The number of nitrogens with one attached hydrogen (secondary N) is 10. The van der Waals surface area contributed by atoms with Gasteiger partial charge < -0.3 is 83.1 Å². The van der Waals surface area contributed by atoms with Gasteiger partial charge in [0.2, 0.25) is 56.8 Å². The van der Waals surface area contributed by atoms with Crippen molar-refractivity contribution in [1.82, 2.24) is 66.5 Å². The lowest BCUT2D eigenvalue weighted by Gasteiger charge is -2.26. The second-order valence-corrected chi connectivity index (χ2v) is 37.0. The molecule has 0 fully saturated rings. The van der Waals surface area contributed by atoms with Gasteiger partial charge in [-0.2, -0.15) is 25.2 Å². The topological polar surface area (TPSA) is 620 Å². The van der Waals surface area contributed by atoms with Crippen LogP contribution in [0.15, 0.2) is 153 Å². The highest BCUT2D eigenvalue weighted by molar-refractivity contribution is 8.76. The number of fused-ring (bicyclic) bond motifs is 6. The van der Waals surface area contributed by atoms with Gasteiger partial charge in [-0.25, -0.2) is 37.3 Å². The van der Waals surface area contributed by atoms with Crippen LogP contribution in [0.2, 0.25) is 0 Å². The summed E-state index contributed by atoms with van der Waals surface area (Å²) >= 11 is 1.59. The largest absolute Gasteiger partial charge is 0.481 e. The van der Waals surface area contributed by atoms with Crippen molar-refractivity contribution in [3.05, 3.63) is 172 Å². The van der Waals surface area contributed by atoms with Gasteiger partial charge in [-0.1, -0.05) is 76.2 Å². The molecule has 5 aromatic carbocycles. The van der Waals surface area contributed by atoms with E-state index >= 15 is 0 Å². The van der Waals surface area contributed by atoms with Crippen molar-refractivity contribution in [2.24, 2.45) is 0 Å². The lowest BCUT2D eigenvalue weighted by atomic mass is 9.93. The number of carboxylic acids is 5. The molecule has 0 radical (unpaired) electrons. The fourth-order valence-corrected chi connectivity index (χ4v) is 19.7. The molecule has 18 N–H and O–H groups in total. The molecular formula is C86H99N16O24S5+. The molecule has 10 rings (SSSR count). The summed E-state index contributed by atoms with van der Waals surface area (Å²) in [6.45, 7) is 10.4. The molecule has 45 heteroatoms. The Morgan fingerprint density at radius 1 is 0.595 bits per heavy atom. The maximum atomic E-state index is 14.4. The molecule has 0 saturated carbocycles. The number of unbranched alkanes of at least 4 members (excludes halogenated alkanes) is 1. The number of sulfonamides is 1. The fraction of sp³-hybridized carbons (Fsp3) is 0.360. The van der Waals surface area contributed by atoms with E-state index in [9.17, 15) is 109 Å². The van der Waals surface area contributed by atoms with Crippen molar-refractivity contribution >= 4 is 164 Å². The first-order valence-electron chi connectivity index (χ1n) is 41.5. The molecule has 7 amide bonds. The molecule has 2 aromatic heterocycles. The number of aromatic amines is 1. The van der Waals surface area contributed by atoms with Crippen LogP contribution >= 0.6 is 33.3 Å². The predicted molar refractivity (Wildman–Crippen MR) is 489 cm³/mol. The number of benzene rings is 6. The number of rotatable bonds is 50. The molecule has 0 spiro atoms. The number of hydrogen-bond acceptors (Lipinski definition) is 27. The highest BCUT2D eigenvalue weighted by Crippen LogP contribution is 2.47. The van der Waals surface area contributed by atoms with E-state index < -0.39 is 175 Å². The Morgan fingerprint density at radius 2 is 1.19 bits per heavy atom. The first-order chi connectivity index (χ1) is 62.5. The van der Waals surface area contributed by atoms with Crippen LogP contribution in [0.5, 0.6) is 0 Å². The van der Waals surface area contributed by atoms with Crippen molar-refractivity contribution in [2.45, 2.75) is 144 Å². The van der Waals surface area contributed by atoms with Crippen LogP contribution in [0.25, 0.3) is 55.7 Å². The smallest absolute Gasteiger partial charge is 0.327 e. The van der Waals surface area contributed by atoms with Gasteiger partial charge in [0.15, 0.2) is 11.2 Å². The van der Waals surface area contributed by atoms with E-state index in [-0.39, 0.29) is 91.1 Å². The molecule has 40 nitrogen and oxygen atoms in total. The predicted octanol–water partition coefficient (Wildman–Crippen LogP) is 4.81. The molecule has 0 bridgehead atoms. The van der Waals surface area contributed by atoms with Gasteiger partial charge in [0.1, 0.15) is 65.6 Å². The number of hydrogen-bond donors (Lipinski definition) is 17. The van der Waals surface area contributed by atoms with Crippen LogP contribution in [0.4, 0.5) is 17.3 Å². The highest BCUT2D eigenvalue weighted by atomic mass is 33.1. The van der Waals surface area contributed by atoms with Crippen LogP contribution in [0.3, 0.4) is 0 Å². The monoisotopic (exact) mass is 1900 g/mol. The summed E-state index contributed by atoms with van der Waals surface area (Å²) in [6.07, 6.45) is -4.07. The Hall–Kier alpha value is -13.1. The lowest BCUT2D eigenvalue weighted by molar-refractivity contribution is -0.144. The molecule has 6 atom stereocenters. The Balaban J connectivity index is 0.772. The van der Waals surface area contributed by atoms with E-state index in [0.29, 0.717) is 76.9 Å². The van der Waals surface area contributed by atoms with E-state index in [1.54, 1.807) is 23.9 Å². The zero-order chi connectivity index (χ0) is 95.0. The molecule has 3 heterocycles. The Bertz CT molecular complexity index is 6090. The van der Waals surface area contributed by atoms with Gasteiger partial charge in [0, 0.05) is 119 Å². The summed E-state index contributed by atoms with van der Waals surface area (Å²) < 4.78 is 76.8. The zero-order valence-electron chi connectivity index (χ0n) is 71.3. The molecule has 131 heavy (non-hydrogen) atoms. The van der Waals surface area contributed by atoms with Crippen molar-refractivity contribution < 1.29 is 109 Å². The number of thioether (sulfide) groups is 1. The molecular weight excluding hydrogens is 1800 g/mol. The van der Waals surface area contributed by atoms with Gasteiger partial charge in [-0.05, 0) is 130 Å². The minimum Gasteiger partial charge on any atom is -0.481 e. The number of carboxylic acid groups (broad SMARTS) is 5. The van der Waals surface area contributed by atoms with Gasteiger partial charge in [0.25, 0.3) is 21.6 Å². The van der Waals surface area contributed by atoms with E-state index in [0.717, 1.165) is 49.8 Å². The van der Waals surface area contributed by atoms with Crippen molar-refractivity contribution in [3.63, 3.8) is 0 Å². The molecule has 7 aromatic rings. The highest BCUT2D eigenvalue weighted by Gasteiger charge is 2.37. The van der Waals surface area contributed by atoms with Crippen LogP contribution < -0.4 is 73.4 Å². The van der Waals surface area contributed by atoms with Gasteiger partial charge >= 0.3 is 29.8 Å². The molecule has 0 saturated heterocycles. The van der Waals surface area contributed by atoms with E-state index in [1.165, 1.54) is 53.7 Å². The first kappa shape index (κ1) is 100. The van der Waals surface area contributed by atoms with Crippen molar-refractivity contribution in [3.8, 4) is 33.6 Å². The molecule has 0 unspecified atom stereocenters. The Kier molecular flexibility index (Phi) is 35.5. The van der Waals surface area contributed by atoms with Gasteiger partial charge in [0.05, 0.1) is 48.7 Å². The minimum atomic E-state index is -5.17. The fourth-order valence-electron chi connectivity index (χ4n) is 14.6. The lowest BCUT2D eigenvalue weighted by Crippen LogP contribution is -2.59. The van der Waals surface area contributed by atoms with Gasteiger partial charge in [-0.3, -0.25) is 62.3 Å². The molecule has 2 aliphatic carbocycles. The van der Waals surface area contributed by atoms with Crippen molar-refractivity contribution in [2.75, 3.05) is 78.2 Å². The first-order valence-corrected chi connectivity index (χ1v) is 48.0. The molecule has 696 valence electrons. The van der Waals surface area contributed by atoms with E-state index in [2.05, 4.69) is 90.3 Å². The SMILES string of the molecule is CCN(CC)c1ccc2c(-c3ccc(S(=O)(=O)NCCSSC[C@@H](NC(=O)[C@@H](CCCCNC(=O)CCSCC4c5ccccc5-c5ccccc54)NC(=O)[C@H](CC(=O)O)NC(=O)[C@@H](CC(=O)O)NC(=O)[C@H](CC(=O)O)NC(=O)CC[C@H](NC(=O)c4ccc(NCc5cnc6nc(N)[nH]c(=O)c6n5)cc4)C(=O)O)C(=O)O)cc3S(=O)(=O)O)c3ccc(=[N+](CC)CC)cc-3oc2c1. The van der Waals surface area contributed by atoms with Crippen LogP contribution in [0, 0.1) is 0 Å². The minimum absolute atomic E-state index is 0.000941. The number of aromatic nitrogens is 4. The summed E-state index contributed by atoms with van der Waals surface area (Å²) in [4.78, 5) is 187. The number of amides is 7. The van der Waals surface area contributed by atoms with Crippen LogP contribution in [0.1, 0.15) is 119 Å². The number of nitrogens with two attached hydrogens (primary N) is 1. The number of aliphatic carboxylic acids is 5. The summed E-state index contributed by atoms with van der Waals surface area (Å²) in [7, 11) is -7.95. The van der Waals surface area contributed by atoms with E-state index in [1.807, 2.05) is 86.9 Å². The number of nitrogens with zero attached hydrogens (tertiary/aromatic N) is 5. The zero-order valence-corrected chi connectivity index (χ0v) is 75.4. The maximum Gasteiger partial charge on any atom is 0.327 e. The Morgan fingerprint density at radius 3 is 1.79 bits per heavy atom. The number of nitrogen functional groups attached to an aromatic ring is 1. The van der Waals surface area contributed by atoms with Crippen LogP contribution in [-0.4, -0.2) is 237 Å². The number of carbonyl (C=O) groups excluding carboxylic acids is 7. The molecule has 3 aliphatic rings. The second-order valence-electron chi connectivity index (χ2n) is 30.0. The van der Waals surface area contributed by atoms with Crippen LogP contribution in [-0.2, 0) is 79.4 Å². The average molecular weight is 1900 g/mol. The maximum absolute atomic E-state index is 14.4. The third-order valence-electron chi connectivity index (χ3n) is 21.2. The number of H-pyrrole nitrogens is 1. The summed E-state index contributed by atoms with van der Waals surface area (Å²) in [5, 5.41) is 70.4. The van der Waals surface area contributed by atoms with E-state index in [4.69, 9.17) is 10.2 Å². The molecule has 1 aliphatic heterocycles. The van der Waals surface area contributed by atoms with Crippen molar-refractivity contribution in [1.29, 1.82) is 0 Å². The average Bonchev–Trinajstić information content (AvgIpc) is 0.856. The quantitative estimate of drug-likeness (QED) is 0.00799. The summed E-state index contributed by atoms with van der Waals surface area (Å²) in [5.41, 5.74) is 12.3.